The van der Waals surface area contributed by atoms with Crippen molar-refractivity contribution >= 4 is 0 Å². The molecule has 0 saturated carbocycles. The normalized spacial score (nSPS) is 17.3. The number of phenols is 1. The predicted octanol–water partition coefficient (Wildman–Crippen LogP) is 5.71. The quantitative estimate of drug-likeness (QED) is 0.587. The summed E-state index contributed by atoms with van der Waals surface area (Å²) in [6.07, 6.45) is 9.45. The fourth-order valence-corrected chi connectivity index (χ4v) is 3.36. The molecule has 0 aromatic heterocycles. The zero-order chi connectivity index (χ0) is 18.0. The van der Waals surface area contributed by atoms with E-state index < -0.39 is 0 Å². The molecular weight excluding hydrogens is 324 g/mol. The first kappa shape index (κ1) is 18.9. The van der Waals surface area contributed by atoms with Crippen molar-refractivity contribution in [2.45, 2.75) is 57.7 Å². The predicted molar refractivity (Wildman–Crippen MR) is 105 cm³/mol. The third kappa shape index (κ3) is 6.15. The van der Waals surface area contributed by atoms with Gasteiger partial charge in [-0.15, -0.1) is 0 Å². The SMILES string of the molecule is Oc1ccc(-c2ccc(CCCCCCOC3CCCCO3)cc2)cc1. The molecule has 1 unspecified atom stereocenters. The first-order valence-electron chi connectivity index (χ1n) is 9.93. The minimum Gasteiger partial charge on any atom is -0.508 e. The van der Waals surface area contributed by atoms with E-state index in [1.165, 1.54) is 43.2 Å². The molecule has 0 amide bonds. The van der Waals surface area contributed by atoms with Crippen LogP contribution in [0.5, 0.6) is 5.75 Å². The van der Waals surface area contributed by atoms with Gasteiger partial charge in [0.05, 0.1) is 0 Å². The van der Waals surface area contributed by atoms with Gasteiger partial charge in [-0.2, -0.15) is 0 Å². The number of ether oxygens (including phenoxy) is 2. The van der Waals surface area contributed by atoms with Crippen LogP contribution in [0.15, 0.2) is 48.5 Å². The summed E-state index contributed by atoms with van der Waals surface area (Å²) in [5, 5.41) is 9.37. The van der Waals surface area contributed by atoms with E-state index in [0.29, 0.717) is 5.75 Å². The number of benzene rings is 2. The van der Waals surface area contributed by atoms with Gasteiger partial charge in [-0.3, -0.25) is 0 Å². The Morgan fingerprint density at radius 1 is 0.846 bits per heavy atom. The van der Waals surface area contributed by atoms with Crippen LogP contribution in [0.25, 0.3) is 11.1 Å². The molecule has 1 saturated heterocycles. The molecule has 3 heteroatoms. The van der Waals surface area contributed by atoms with Crippen LogP contribution >= 0.6 is 0 Å². The highest BCUT2D eigenvalue weighted by Gasteiger charge is 2.13. The van der Waals surface area contributed by atoms with Crippen LogP contribution in [-0.2, 0) is 15.9 Å². The number of hydrogen-bond donors (Lipinski definition) is 1. The minimum atomic E-state index is 0.0517. The van der Waals surface area contributed by atoms with Gasteiger partial charge >= 0.3 is 0 Å². The van der Waals surface area contributed by atoms with E-state index in [-0.39, 0.29) is 6.29 Å². The second kappa shape index (κ2) is 10.3. The van der Waals surface area contributed by atoms with E-state index in [4.69, 9.17) is 9.47 Å². The lowest BCUT2D eigenvalue weighted by Gasteiger charge is -2.22. The van der Waals surface area contributed by atoms with Crippen LogP contribution < -0.4 is 0 Å². The number of phenolic OH excluding ortho intramolecular Hbond substituents is 1. The molecule has 1 N–H and O–H groups in total. The van der Waals surface area contributed by atoms with Gasteiger partial charge in [-0.25, -0.2) is 0 Å². The van der Waals surface area contributed by atoms with Crippen LogP contribution in [0.1, 0.15) is 50.5 Å². The molecular formula is C23H30O3. The second-order valence-corrected chi connectivity index (χ2v) is 7.07. The lowest BCUT2D eigenvalue weighted by Crippen LogP contribution is -2.22. The highest BCUT2D eigenvalue weighted by molar-refractivity contribution is 5.64. The molecule has 2 aromatic carbocycles. The van der Waals surface area contributed by atoms with Gasteiger partial charge in [0, 0.05) is 13.2 Å². The number of hydrogen-bond acceptors (Lipinski definition) is 3. The summed E-state index contributed by atoms with van der Waals surface area (Å²) in [5.74, 6) is 0.307. The lowest BCUT2D eigenvalue weighted by molar-refractivity contribution is -0.162. The Kier molecular flexibility index (Phi) is 7.53. The van der Waals surface area contributed by atoms with Gasteiger partial charge in [0.25, 0.3) is 0 Å². The molecule has 3 nitrogen and oxygen atoms in total. The molecule has 1 aliphatic rings. The largest absolute Gasteiger partial charge is 0.508 e. The summed E-state index contributed by atoms with van der Waals surface area (Å²) in [6, 6.07) is 16.1. The first-order chi connectivity index (χ1) is 12.8. The third-order valence-electron chi connectivity index (χ3n) is 4.96. The molecule has 0 bridgehead atoms. The number of aryl methyl sites for hydroxylation is 1. The maximum absolute atomic E-state index is 9.37. The van der Waals surface area contributed by atoms with Crippen molar-refractivity contribution in [2.24, 2.45) is 0 Å². The number of unbranched alkanes of at least 4 members (excludes halogenated alkanes) is 3. The monoisotopic (exact) mass is 354 g/mol. The van der Waals surface area contributed by atoms with E-state index in [2.05, 4.69) is 24.3 Å². The highest BCUT2D eigenvalue weighted by atomic mass is 16.7. The van der Waals surface area contributed by atoms with E-state index in [1.54, 1.807) is 12.1 Å². The van der Waals surface area contributed by atoms with E-state index in [1.807, 2.05) is 12.1 Å². The van der Waals surface area contributed by atoms with Crippen molar-refractivity contribution in [3.8, 4) is 16.9 Å². The zero-order valence-electron chi connectivity index (χ0n) is 15.5. The summed E-state index contributed by atoms with van der Waals surface area (Å²) in [5.41, 5.74) is 3.71. The average molecular weight is 354 g/mol. The van der Waals surface area contributed by atoms with Crippen LogP contribution in [0.2, 0.25) is 0 Å². The molecule has 140 valence electrons. The van der Waals surface area contributed by atoms with Crippen LogP contribution in [0, 0.1) is 0 Å². The van der Waals surface area contributed by atoms with Gasteiger partial charge in [-0.05, 0) is 67.3 Å². The van der Waals surface area contributed by atoms with Crippen molar-refractivity contribution in [3.05, 3.63) is 54.1 Å². The van der Waals surface area contributed by atoms with Gasteiger partial charge in [0.15, 0.2) is 6.29 Å². The van der Waals surface area contributed by atoms with Crippen LogP contribution in [-0.4, -0.2) is 24.6 Å². The zero-order valence-corrected chi connectivity index (χ0v) is 15.5. The maximum atomic E-state index is 9.37. The Labute approximate surface area is 157 Å². The number of aromatic hydroxyl groups is 1. The summed E-state index contributed by atoms with van der Waals surface area (Å²) >= 11 is 0. The second-order valence-electron chi connectivity index (χ2n) is 7.07. The van der Waals surface area contributed by atoms with Crippen LogP contribution in [0.3, 0.4) is 0 Å². The summed E-state index contributed by atoms with van der Waals surface area (Å²) in [4.78, 5) is 0. The topological polar surface area (TPSA) is 38.7 Å². The summed E-state index contributed by atoms with van der Waals surface area (Å²) < 4.78 is 11.3. The standard InChI is InChI=1S/C23H30O3/c24-22-15-13-21(14-16-22)20-11-9-19(10-12-20)7-3-1-2-5-17-25-23-8-4-6-18-26-23/h9-16,23-24H,1-8,17-18H2. The van der Waals surface area contributed by atoms with Gasteiger partial charge in [-0.1, -0.05) is 49.2 Å². The van der Waals surface area contributed by atoms with Crippen molar-refractivity contribution in [1.82, 2.24) is 0 Å². The van der Waals surface area contributed by atoms with Crippen LogP contribution in [0.4, 0.5) is 0 Å². The Morgan fingerprint density at radius 2 is 1.54 bits per heavy atom. The molecule has 0 radical (unpaired) electrons. The molecule has 2 aromatic rings. The molecule has 0 spiro atoms. The minimum absolute atomic E-state index is 0.0517. The molecule has 1 aliphatic heterocycles. The molecule has 1 heterocycles. The first-order valence-corrected chi connectivity index (χ1v) is 9.93. The Hall–Kier alpha value is -1.84. The molecule has 3 rings (SSSR count). The van der Waals surface area contributed by atoms with Crippen molar-refractivity contribution in [2.75, 3.05) is 13.2 Å². The molecule has 0 aliphatic carbocycles. The summed E-state index contributed by atoms with van der Waals surface area (Å²) in [6.45, 7) is 1.68. The van der Waals surface area contributed by atoms with E-state index >= 15 is 0 Å². The average Bonchev–Trinajstić information content (AvgIpc) is 2.69. The maximum Gasteiger partial charge on any atom is 0.157 e. The Morgan fingerprint density at radius 3 is 2.23 bits per heavy atom. The van der Waals surface area contributed by atoms with Gasteiger partial charge < -0.3 is 14.6 Å². The van der Waals surface area contributed by atoms with Crippen molar-refractivity contribution < 1.29 is 14.6 Å². The van der Waals surface area contributed by atoms with Crippen molar-refractivity contribution in [3.63, 3.8) is 0 Å². The smallest absolute Gasteiger partial charge is 0.157 e. The summed E-state index contributed by atoms with van der Waals surface area (Å²) in [7, 11) is 0. The van der Waals surface area contributed by atoms with Crippen molar-refractivity contribution in [1.29, 1.82) is 0 Å². The van der Waals surface area contributed by atoms with E-state index in [9.17, 15) is 5.11 Å². The molecule has 1 atom stereocenters. The molecule has 26 heavy (non-hydrogen) atoms. The fourth-order valence-electron chi connectivity index (χ4n) is 3.36. The Balaban J connectivity index is 1.29. The van der Waals surface area contributed by atoms with Gasteiger partial charge in [0.2, 0.25) is 0 Å². The van der Waals surface area contributed by atoms with Gasteiger partial charge in [0.1, 0.15) is 5.75 Å². The van der Waals surface area contributed by atoms with E-state index in [0.717, 1.165) is 38.0 Å². The lowest BCUT2D eigenvalue weighted by atomic mass is 10.0. The third-order valence-corrected chi connectivity index (χ3v) is 4.96. The number of rotatable bonds is 9. The Bertz CT molecular complexity index is 628. The molecule has 1 fully saturated rings. The fraction of sp³-hybridized carbons (Fsp3) is 0.478. The highest BCUT2D eigenvalue weighted by Crippen LogP contribution is 2.22.